The highest BCUT2D eigenvalue weighted by Crippen LogP contribution is 2.31. The summed E-state index contributed by atoms with van der Waals surface area (Å²) >= 11 is 1.35. The lowest BCUT2D eigenvalue weighted by atomic mass is 10.1. The summed E-state index contributed by atoms with van der Waals surface area (Å²) in [7, 11) is 0. The molecule has 0 radical (unpaired) electrons. The third kappa shape index (κ3) is 2.47. The van der Waals surface area contributed by atoms with Crippen LogP contribution in [0.25, 0.3) is 10.6 Å². The van der Waals surface area contributed by atoms with Crippen molar-refractivity contribution in [3.8, 4) is 10.6 Å². The molecule has 1 fully saturated rings. The smallest absolute Gasteiger partial charge is 0.238 e. The van der Waals surface area contributed by atoms with Gasteiger partial charge in [-0.15, -0.1) is 11.3 Å². The monoisotopic (exact) mass is 302 g/mol. The van der Waals surface area contributed by atoms with Crippen LogP contribution in [0, 0.1) is 5.92 Å². The van der Waals surface area contributed by atoms with E-state index < -0.39 is 18.2 Å². The minimum Gasteiger partial charge on any atom is -0.274 e. The quantitative estimate of drug-likeness (QED) is 0.818. The number of pyridine rings is 1. The molecule has 21 heavy (non-hydrogen) atoms. The number of hydrogen-bond donors (Lipinski definition) is 0. The first-order chi connectivity index (χ1) is 10.5. The van der Waals surface area contributed by atoms with Crippen LogP contribution in [-0.4, -0.2) is 21.8 Å². The van der Waals surface area contributed by atoms with Gasteiger partial charge in [0.05, 0.1) is 0 Å². The number of anilines is 1. The van der Waals surface area contributed by atoms with Gasteiger partial charge < -0.3 is 0 Å². The van der Waals surface area contributed by atoms with Gasteiger partial charge in [0.25, 0.3) is 0 Å². The molecule has 3 rings (SSSR count). The maximum Gasteiger partial charge on any atom is 0.238 e. The van der Waals surface area contributed by atoms with E-state index in [-0.39, 0.29) is 5.91 Å². The predicted molar refractivity (Wildman–Crippen MR) is 81.0 cm³/mol. The van der Waals surface area contributed by atoms with Crippen molar-refractivity contribution in [1.82, 2.24) is 9.97 Å². The van der Waals surface area contributed by atoms with E-state index in [0.717, 1.165) is 22.6 Å². The van der Waals surface area contributed by atoms with E-state index in [0.29, 0.717) is 10.8 Å². The average molecular weight is 302 g/mol. The Morgan fingerprint density at radius 1 is 1.48 bits per heavy atom. The fourth-order valence-corrected chi connectivity index (χ4v) is 2.94. The van der Waals surface area contributed by atoms with Crippen LogP contribution < -0.4 is 4.90 Å². The zero-order valence-corrected chi connectivity index (χ0v) is 12.6. The Bertz CT molecular complexity index is 709. The lowest BCUT2D eigenvalue weighted by Gasteiger charge is -2.10. The zero-order chi connectivity index (χ0) is 15.9. The highest BCUT2D eigenvalue weighted by Gasteiger charge is 2.37. The molecule has 0 saturated carbocycles. The van der Waals surface area contributed by atoms with Crippen LogP contribution in [0.5, 0.6) is 0 Å². The summed E-state index contributed by atoms with van der Waals surface area (Å²) < 4.78 is 7.72. The molecule has 3 heterocycles. The lowest BCUT2D eigenvalue weighted by molar-refractivity contribution is -0.122. The van der Waals surface area contributed by atoms with Gasteiger partial charge in [0.1, 0.15) is 5.01 Å². The Morgan fingerprint density at radius 2 is 2.29 bits per heavy atom. The molecule has 108 valence electrons. The Balaban J connectivity index is 1.90. The molecule has 1 saturated heterocycles. The molecular formula is C15H15N3O2S. The highest BCUT2D eigenvalue weighted by atomic mass is 32.1. The van der Waals surface area contributed by atoms with Crippen molar-refractivity contribution < 1.29 is 11.0 Å². The number of imide groups is 1. The van der Waals surface area contributed by atoms with Crippen LogP contribution >= 0.6 is 11.3 Å². The van der Waals surface area contributed by atoms with E-state index in [1.807, 2.05) is 19.1 Å². The van der Waals surface area contributed by atoms with Crippen LogP contribution in [0.15, 0.2) is 23.7 Å². The number of aryl methyl sites for hydroxylation is 1. The molecule has 2 atom stereocenters. The van der Waals surface area contributed by atoms with Crippen LogP contribution in [0.3, 0.4) is 0 Å². The maximum atomic E-state index is 12.1. The molecule has 2 aromatic rings. The van der Waals surface area contributed by atoms with Gasteiger partial charge in [0.2, 0.25) is 11.8 Å². The predicted octanol–water partition coefficient (Wildman–Crippen LogP) is 2.67. The zero-order valence-electron chi connectivity index (χ0n) is 12.7. The van der Waals surface area contributed by atoms with E-state index in [9.17, 15) is 9.59 Å². The maximum absolute atomic E-state index is 12.1. The van der Waals surface area contributed by atoms with E-state index in [4.69, 9.17) is 1.37 Å². The van der Waals surface area contributed by atoms with Crippen molar-refractivity contribution in [2.24, 2.45) is 5.92 Å². The SMILES string of the molecule is [2H]C1C(=O)N(c2csc(-c3ccc(CC)nc3)n2)C(=O)C1C. The standard InChI is InChI=1S/C15H15N3O2S/c1-3-11-5-4-10(7-16-11)14-17-12(8-21-14)18-13(19)6-9(2)15(18)20/h4-5,7-9H,3,6H2,1-2H3/i6D. The number of aromatic nitrogens is 2. The topological polar surface area (TPSA) is 63.2 Å². The summed E-state index contributed by atoms with van der Waals surface area (Å²) in [6, 6.07) is 3.86. The average Bonchev–Trinajstić information content (AvgIpc) is 3.08. The van der Waals surface area contributed by atoms with Crippen molar-refractivity contribution >= 4 is 29.0 Å². The number of nitrogens with zero attached hydrogens (tertiary/aromatic N) is 3. The van der Waals surface area contributed by atoms with Crippen molar-refractivity contribution in [3.63, 3.8) is 0 Å². The molecule has 2 unspecified atom stereocenters. The first kappa shape index (κ1) is 12.6. The fourth-order valence-electron chi connectivity index (χ4n) is 2.16. The summed E-state index contributed by atoms with van der Waals surface area (Å²) in [4.78, 5) is 33.8. The van der Waals surface area contributed by atoms with Crippen molar-refractivity contribution in [3.05, 3.63) is 29.4 Å². The largest absolute Gasteiger partial charge is 0.274 e. The van der Waals surface area contributed by atoms with E-state index in [2.05, 4.69) is 9.97 Å². The van der Waals surface area contributed by atoms with Crippen LogP contribution in [0.2, 0.25) is 0 Å². The van der Waals surface area contributed by atoms with E-state index >= 15 is 0 Å². The molecule has 5 nitrogen and oxygen atoms in total. The molecule has 2 aromatic heterocycles. The van der Waals surface area contributed by atoms with Gasteiger partial charge in [-0.05, 0) is 18.6 Å². The second-order valence-corrected chi connectivity index (χ2v) is 5.73. The van der Waals surface area contributed by atoms with E-state index in [1.165, 1.54) is 11.3 Å². The Hall–Kier alpha value is -2.08. The first-order valence-electron chi connectivity index (χ1n) is 7.31. The highest BCUT2D eigenvalue weighted by molar-refractivity contribution is 7.13. The number of rotatable bonds is 3. The summed E-state index contributed by atoms with van der Waals surface area (Å²) in [6.07, 6.45) is 1.57. The van der Waals surface area contributed by atoms with Gasteiger partial charge in [0, 0.05) is 36.5 Å². The molecule has 0 spiro atoms. The molecule has 6 heteroatoms. The Labute approximate surface area is 128 Å². The summed E-state index contributed by atoms with van der Waals surface area (Å²) in [5.41, 5.74) is 1.85. The van der Waals surface area contributed by atoms with Crippen LogP contribution in [-0.2, 0) is 16.0 Å². The van der Waals surface area contributed by atoms with Gasteiger partial charge in [-0.1, -0.05) is 13.8 Å². The lowest BCUT2D eigenvalue weighted by Crippen LogP contribution is -2.30. The van der Waals surface area contributed by atoms with Crippen molar-refractivity contribution in [2.45, 2.75) is 26.7 Å². The van der Waals surface area contributed by atoms with Gasteiger partial charge in [-0.25, -0.2) is 9.88 Å². The molecule has 0 aromatic carbocycles. The molecule has 1 aliphatic heterocycles. The second kappa shape index (κ2) is 5.37. The van der Waals surface area contributed by atoms with Gasteiger partial charge in [-0.3, -0.25) is 14.6 Å². The van der Waals surface area contributed by atoms with Crippen molar-refractivity contribution in [2.75, 3.05) is 4.90 Å². The van der Waals surface area contributed by atoms with Gasteiger partial charge in [0.15, 0.2) is 5.82 Å². The number of hydrogen-bond acceptors (Lipinski definition) is 5. The summed E-state index contributed by atoms with van der Waals surface area (Å²) in [5.74, 6) is -1.19. The van der Waals surface area contributed by atoms with Gasteiger partial charge >= 0.3 is 0 Å². The molecule has 0 aliphatic carbocycles. The molecule has 0 bridgehead atoms. The third-order valence-corrected chi connectivity index (χ3v) is 4.26. The fraction of sp³-hybridized carbons (Fsp3) is 0.333. The number of carbonyl (C=O) groups excluding carboxylic acids is 2. The molecular weight excluding hydrogens is 286 g/mol. The first-order valence-corrected chi connectivity index (χ1v) is 7.61. The molecule has 1 aliphatic rings. The normalized spacial score (nSPS) is 22.8. The molecule has 0 N–H and O–H groups in total. The van der Waals surface area contributed by atoms with Crippen molar-refractivity contribution in [1.29, 1.82) is 0 Å². The minimum absolute atomic E-state index is 0.302. The Morgan fingerprint density at radius 3 is 2.86 bits per heavy atom. The van der Waals surface area contributed by atoms with Crippen LogP contribution in [0.4, 0.5) is 5.82 Å². The summed E-state index contributed by atoms with van der Waals surface area (Å²) in [6.45, 7) is 3.63. The minimum atomic E-state index is -1.04. The molecule has 2 amide bonds. The Kier molecular flexibility index (Phi) is 3.23. The number of carbonyl (C=O) groups is 2. The number of thiazole rings is 1. The second-order valence-electron chi connectivity index (χ2n) is 4.87. The van der Waals surface area contributed by atoms with Gasteiger partial charge in [-0.2, -0.15) is 0 Å². The third-order valence-electron chi connectivity index (χ3n) is 3.38. The summed E-state index contributed by atoms with van der Waals surface area (Å²) in [5, 5.41) is 2.37. The van der Waals surface area contributed by atoms with E-state index in [1.54, 1.807) is 18.5 Å². The van der Waals surface area contributed by atoms with Crippen LogP contribution in [0.1, 0.15) is 27.3 Å². The number of amides is 2.